The molecule has 0 bridgehead atoms. The molecule has 0 radical (unpaired) electrons. The van der Waals surface area contributed by atoms with Gasteiger partial charge in [0.05, 0.1) is 11.3 Å². The van der Waals surface area contributed by atoms with Gasteiger partial charge < -0.3 is 10.6 Å². The van der Waals surface area contributed by atoms with Crippen molar-refractivity contribution in [2.45, 2.75) is 6.92 Å². The zero-order valence-corrected chi connectivity index (χ0v) is 11.0. The van der Waals surface area contributed by atoms with Gasteiger partial charge in [0.2, 0.25) is 0 Å². The first-order valence-corrected chi connectivity index (χ1v) is 6.20. The maximum atomic E-state index is 11.9. The number of Topliss-reactive ketones (excluding diaryl/α,β-unsaturated/α-hetero) is 1. The van der Waals surface area contributed by atoms with Crippen LogP contribution in [0.15, 0.2) is 22.7 Å². The van der Waals surface area contributed by atoms with E-state index in [0.29, 0.717) is 28.8 Å². The summed E-state index contributed by atoms with van der Waals surface area (Å²) in [6.07, 6.45) is 0. The highest BCUT2D eigenvalue weighted by atomic mass is 79.9. The molecular formula is C12H13BrN2O2. The fourth-order valence-electron chi connectivity index (χ4n) is 1.87. The number of carbonyl (C=O) groups excluding carboxylic acids is 2. The first-order valence-electron chi connectivity index (χ1n) is 5.41. The van der Waals surface area contributed by atoms with Crippen molar-refractivity contribution in [1.29, 1.82) is 0 Å². The Kier molecular flexibility index (Phi) is 3.31. The van der Waals surface area contributed by atoms with E-state index in [-0.39, 0.29) is 5.92 Å². The minimum Gasteiger partial charge on any atom is -0.330 e. The summed E-state index contributed by atoms with van der Waals surface area (Å²) in [6.45, 7) is 2.92. The molecule has 90 valence electrons. The largest absolute Gasteiger partial charge is 0.330 e. The predicted molar refractivity (Wildman–Crippen MR) is 69.0 cm³/mol. The smallest absolute Gasteiger partial charge is 0.299 e. The number of fused-ring (bicyclic) bond motifs is 1. The average molecular weight is 297 g/mol. The molecule has 17 heavy (non-hydrogen) atoms. The fourth-order valence-corrected chi connectivity index (χ4v) is 2.40. The van der Waals surface area contributed by atoms with Crippen LogP contribution in [0.4, 0.5) is 5.69 Å². The number of hydrogen-bond acceptors (Lipinski definition) is 3. The van der Waals surface area contributed by atoms with Crippen molar-refractivity contribution in [2.75, 3.05) is 18.0 Å². The molecule has 0 aliphatic carbocycles. The van der Waals surface area contributed by atoms with Crippen LogP contribution < -0.4 is 10.6 Å². The fraction of sp³-hybridized carbons (Fsp3) is 0.333. The number of carbonyl (C=O) groups is 2. The molecule has 1 aliphatic heterocycles. The lowest BCUT2D eigenvalue weighted by Gasteiger charge is -2.20. The number of hydrogen-bond donors (Lipinski definition) is 1. The molecule has 0 spiro atoms. The molecule has 0 saturated carbocycles. The first kappa shape index (κ1) is 12.3. The van der Waals surface area contributed by atoms with E-state index in [1.54, 1.807) is 12.1 Å². The summed E-state index contributed by atoms with van der Waals surface area (Å²) in [5, 5.41) is 0. The molecule has 1 unspecified atom stereocenters. The van der Waals surface area contributed by atoms with Crippen molar-refractivity contribution >= 4 is 33.3 Å². The van der Waals surface area contributed by atoms with Gasteiger partial charge in [-0.05, 0) is 40.5 Å². The lowest BCUT2D eigenvalue weighted by molar-refractivity contribution is -0.114. The maximum absolute atomic E-state index is 11.9. The van der Waals surface area contributed by atoms with Gasteiger partial charge in [-0.3, -0.25) is 9.59 Å². The van der Waals surface area contributed by atoms with E-state index in [1.807, 2.05) is 13.0 Å². The van der Waals surface area contributed by atoms with Crippen LogP contribution >= 0.6 is 15.9 Å². The van der Waals surface area contributed by atoms with Gasteiger partial charge in [0.1, 0.15) is 0 Å². The highest BCUT2D eigenvalue weighted by molar-refractivity contribution is 9.10. The molecule has 0 saturated heterocycles. The Morgan fingerprint density at radius 3 is 2.76 bits per heavy atom. The molecule has 1 heterocycles. The average Bonchev–Trinajstić information content (AvgIpc) is 2.55. The van der Waals surface area contributed by atoms with Crippen LogP contribution in [0.5, 0.6) is 0 Å². The van der Waals surface area contributed by atoms with Crippen molar-refractivity contribution in [3.8, 4) is 0 Å². The topological polar surface area (TPSA) is 63.4 Å². The predicted octanol–water partition coefficient (Wildman–Crippen LogP) is 1.57. The number of amides is 1. The highest BCUT2D eigenvalue weighted by Gasteiger charge is 2.37. The second-order valence-corrected chi connectivity index (χ2v) is 5.07. The van der Waals surface area contributed by atoms with Gasteiger partial charge in [0.25, 0.3) is 11.7 Å². The Balaban J connectivity index is 2.42. The van der Waals surface area contributed by atoms with Crippen LogP contribution in [0.25, 0.3) is 0 Å². The Hall–Kier alpha value is -1.20. The molecule has 1 aromatic rings. The van der Waals surface area contributed by atoms with Crippen LogP contribution in [0.2, 0.25) is 0 Å². The summed E-state index contributed by atoms with van der Waals surface area (Å²) >= 11 is 3.30. The second kappa shape index (κ2) is 4.58. The van der Waals surface area contributed by atoms with E-state index >= 15 is 0 Å². The molecule has 0 fully saturated rings. The van der Waals surface area contributed by atoms with Crippen molar-refractivity contribution in [3.05, 3.63) is 28.2 Å². The number of ketones is 1. The first-order chi connectivity index (χ1) is 8.06. The van der Waals surface area contributed by atoms with Crippen molar-refractivity contribution in [3.63, 3.8) is 0 Å². The molecule has 5 heteroatoms. The summed E-state index contributed by atoms with van der Waals surface area (Å²) in [4.78, 5) is 25.2. The van der Waals surface area contributed by atoms with Crippen LogP contribution in [0.3, 0.4) is 0 Å². The van der Waals surface area contributed by atoms with Crippen LogP contribution in [0, 0.1) is 5.92 Å². The van der Waals surface area contributed by atoms with Crippen LogP contribution in [-0.4, -0.2) is 24.8 Å². The quantitative estimate of drug-likeness (QED) is 0.861. The summed E-state index contributed by atoms with van der Waals surface area (Å²) in [5.41, 5.74) is 6.68. The van der Waals surface area contributed by atoms with Crippen molar-refractivity contribution in [1.82, 2.24) is 0 Å². The van der Waals surface area contributed by atoms with Gasteiger partial charge >= 0.3 is 0 Å². The molecule has 2 rings (SSSR count). The number of anilines is 1. The summed E-state index contributed by atoms with van der Waals surface area (Å²) in [6, 6.07) is 5.36. The van der Waals surface area contributed by atoms with E-state index in [9.17, 15) is 9.59 Å². The third kappa shape index (κ3) is 2.00. The van der Waals surface area contributed by atoms with Crippen molar-refractivity contribution in [2.24, 2.45) is 11.7 Å². The van der Waals surface area contributed by atoms with Crippen LogP contribution in [-0.2, 0) is 4.79 Å². The lowest BCUT2D eigenvalue weighted by Crippen LogP contribution is -2.35. The number of rotatable bonds is 3. The Morgan fingerprint density at radius 2 is 2.12 bits per heavy atom. The number of nitrogens with zero attached hydrogens (tertiary/aromatic N) is 1. The van der Waals surface area contributed by atoms with E-state index < -0.39 is 11.7 Å². The second-order valence-electron chi connectivity index (χ2n) is 4.22. The number of nitrogens with two attached hydrogens (primary N) is 1. The molecule has 1 aliphatic rings. The summed E-state index contributed by atoms with van der Waals surface area (Å²) in [5.74, 6) is -0.749. The third-order valence-corrected chi connectivity index (χ3v) is 3.51. The SMILES string of the molecule is CC(CN)CN1C(=O)C(=O)c2c(Br)cccc21. The normalized spacial score (nSPS) is 16.3. The Morgan fingerprint density at radius 1 is 1.41 bits per heavy atom. The Bertz CT molecular complexity index is 487. The van der Waals surface area contributed by atoms with Crippen LogP contribution in [0.1, 0.15) is 17.3 Å². The number of benzene rings is 1. The van der Waals surface area contributed by atoms with Gasteiger partial charge in [-0.2, -0.15) is 0 Å². The maximum Gasteiger partial charge on any atom is 0.299 e. The van der Waals surface area contributed by atoms with E-state index in [1.165, 1.54) is 4.90 Å². The van der Waals surface area contributed by atoms with Gasteiger partial charge in [0.15, 0.2) is 0 Å². The lowest BCUT2D eigenvalue weighted by atomic mass is 10.1. The third-order valence-electron chi connectivity index (χ3n) is 2.85. The van der Waals surface area contributed by atoms with E-state index in [2.05, 4.69) is 15.9 Å². The summed E-state index contributed by atoms with van der Waals surface area (Å²) in [7, 11) is 0. The molecule has 1 amide bonds. The Labute approximate surface area is 108 Å². The monoisotopic (exact) mass is 296 g/mol. The van der Waals surface area contributed by atoms with Gasteiger partial charge in [0, 0.05) is 11.0 Å². The molecule has 1 atom stereocenters. The number of halogens is 1. The van der Waals surface area contributed by atoms with Gasteiger partial charge in [-0.1, -0.05) is 13.0 Å². The zero-order chi connectivity index (χ0) is 12.6. The van der Waals surface area contributed by atoms with Gasteiger partial charge in [-0.25, -0.2) is 0 Å². The molecule has 1 aromatic carbocycles. The van der Waals surface area contributed by atoms with E-state index in [4.69, 9.17) is 5.73 Å². The molecule has 2 N–H and O–H groups in total. The molecule has 4 nitrogen and oxygen atoms in total. The minimum absolute atomic E-state index is 0.164. The molecule has 0 aromatic heterocycles. The zero-order valence-electron chi connectivity index (χ0n) is 9.44. The summed E-state index contributed by atoms with van der Waals surface area (Å²) < 4.78 is 0.663. The van der Waals surface area contributed by atoms with E-state index in [0.717, 1.165) is 0 Å². The molecular weight excluding hydrogens is 284 g/mol. The minimum atomic E-state index is -0.466. The standard InChI is InChI=1S/C12H13BrN2O2/c1-7(5-14)6-15-9-4-2-3-8(13)10(9)11(16)12(15)17/h2-4,7H,5-6,14H2,1H3. The van der Waals surface area contributed by atoms with Crippen molar-refractivity contribution < 1.29 is 9.59 Å². The highest BCUT2D eigenvalue weighted by Crippen LogP contribution is 2.34. The van der Waals surface area contributed by atoms with Gasteiger partial charge in [-0.15, -0.1) is 0 Å².